The third kappa shape index (κ3) is 2.34. The van der Waals surface area contributed by atoms with Crippen LogP contribution in [0.15, 0.2) is 6.20 Å². The Balaban J connectivity index is 2.12. The molecule has 1 aliphatic rings. The van der Waals surface area contributed by atoms with Crippen LogP contribution in [0.5, 0.6) is 0 Å². The zero-order valence-corrected chi connectivity index (χ0v) is 8.69. The van der Waals surface area contributed by atoms with Gasteiger partial charge in [0.05, 0.1) is 6.20 Å². The third-order valence-electron chi connectivity index (χ3n) is 2.75. The molecule has 0 aromatic carbocycles. The van der Waals surface area contributed by atoms with E-state index in [9.17, 15) is 8.78 Å². The molecule has 84 valence electrons. The fourth-order valence-electron chi connectivity index (χ4n) is 1.85. The van der Waals surface area contributed by atoms with Crippen LogP contribution in [-0.4, -0.2) is 23.1 Å². The van der Waals surface area contributed by atoms with E-state index in [4.69, 9.17) is 0 Å². The van der Waals surface area contributed by atoms with E-state index in [0.29, 0.717) is 5.82 Å². The van der Waals surface area contributed by atoms with E-state index < -0.39 is 5.92 Å². The second kappa shape index (κ2) is 3.89. The number of piperidine rings is 1. The van der Waals surface area contributed by atoms with Gasteiger partial charge in [0.25, 0.3) is 5.92 Å². The molecular weight excluding hydrogens is 200 g/mol. The lowest BCUT2D eigenvalue weighted by Gasteiger charge is -2.20. The van der Waals surface area contributed by atoms with E-state index in [0.717, 1.165) is 32.9 Å². The minimum atomic E-state index is -2.83. The first-order valence-electron chi connectivity index (χ1n) is 5.21. The number of imidazole rings is 1. The summed E-state index contributed by atoms with van der Waals surface area (Å²) in [7, 11) is 0. The fraction of sp³-hybridized carbons (Fsp3) is 0.700. The van der Waals surface area contributed by atoms with E-state index in [2.05, 4.69) is 15.3 Å². The number of nitrogens with zero attached hydrogens (tertiary/aromatic N) is 1. The van der Waals surface area contributed by atoms with Crippen LogP contribution < -0.4 is 5.32 Å². The van der Waals surface area contributed by atoms with Gasteiger partial charge in [0, 0.05) is 19.4 Å². The first kappa shape index (κ1) is 10.5. The maximum absolute atomic E-state index is 12.9. The molecule has 2 heterocycles. The maximum atomic E-state index is 12.9. The van der Waals surface area contributed by atoms with Crippen molar-refractivity contribution in [2.45, 2.75) is 31.6 Å². The molecule has 1 aliphatic heterocycles. The van der Waals surface area contributed by atoms with E-state index in [1.165, 1.54) is 6.20 Å². The first-order valence-corrected chi connectivity index (χ1v) is 5.21. The number of aromatic amines is 1. The number of rotatable bonds is 2. The zero-order chi connectivity index (χ0) is 10.9. The molecule has 2 N–H and O–H groups in total. The molecular formula is C10H15F2N3. The van der Waals surface area contributed by atoms with Crippen LogP contribution in [-0.2, 0) is 5.92 Å². The molecule has 0 radical (unpaired) electrons. The highest BCUT2D eigenvalue weighted by atomic mass is 19.3. The van der Waals surface area contributed by atoms with Gasteiger partial charge in [0.1, 0.15) is 11.5 Å². The summed E-state index contributed by atoms with van der Waals surface area (Å²) >= 11 is 0. The van der Waals surface area contributed by atoms with Crippen molar-refractivity contribution in [1.82, 2.24) is 15.3 Å². The van der Waals surface area contributed by atoms with Crippen LogP contribution in [0.3, 0.4) is 0 Å². The first-order chi connectivity index (χ1) is 7.07. The van der Waals surface area contributed by atoms with Gasteiger partial charge in [0.15, 0.2) is 0 Å². The number of hydrogen-bond donors (Lipinski definition) is 2. The molecule has 0 spiro atoms. The normalized spacial score (nSPS) is 23.0. The Morgan fingerprint density at radius 1 is 1.53 bits per heavy atom. The monoisotopic (exact) mass is 215 g/mol. The summed E-state index contributed by atoms with van der Waals surface area (Å²) in [6, 6.07) is 0. The Bertz CT molecular complexity index is 324. The van der Waals surface area contributed by atoms with Crippen molar-refractivity contribution >= 4 is 0 Å². The zero-order valence-electron chi connectivity index (χ0n) is 8.69. The largest absolute Gasteiger partial charge is 0.341 e. The van der Waals surface area contributed by atoms with Gasteiger partial charge >= 0.3 is 0 Å². The van der Waals surface area contributed by atoms with Crippen molar-refractivity contribution in [2.24, 2.45) is 0 Å². The summed E-state index contributed by atoms with van der Waals surface area (Å²) in [6.07, 6.45) is 3.32. The van der Waals surface area contributed by atoms with Crippen molar-refractivity contribution in [3.8, 4) is 0 Å². The molecule has 1 aromatic rings. The van der Waals surface area contributed by atoms with Crippen LogP contribution in [0, 0.1) is 0 Å². The minimum absolute atomic E-state index is 0.0944. The summed E-state index contributed by atoms with van der Waals surface area (Å²) in [5, 5.41) is 3.23. The maximum Gasteiger partial charge on any atom is 0.286 e. The van der Waals surface area contributed by atoms with Gasteiger partial charge in [0.2, 0.25) is 0 Å². The predicted molar refractivity (Wildman–Crippen MR) is 53.0 cm³/mol. The lowest BCUT2D eigenvalue weighted by atomic mass is 9.99. The van der Waals surface area contributed by atoms with E-state index in [1.807, 2.05) is 0 Å². The number of halogens is 2. The smallest absolute Gasteiger partial charge is 0.286 e. The molecule has 1 fully saturated rings. The van der Waals surface area contributed by atoms with Gasteiger partial charge in [-0.1, -0.05) is 0 Å². The number of H-pyrrole nitrogens is 1. The number of nitrogens with one attached hydrogen (secondary N) is 2. The van der Waals surface area contributed by atoms with Gasteiger partial charge in [-0.05, 0) is 19.4 Å². The second-order valence-corrected chi connectivity index (χ2v) is 4.11. The number of alkyl halides is 2. The van der Waals surface area contributed by atoms with Crippen LogP contribution in [0.4, 0.5) is 8.78 Å². The van der Waals surface area contributed by atoms with Gasteiger partial charge in [-0.25, -0.2) is 4.98 Å². The van der Waals surface area contributed by atoms with Crippen molar-refractivity contribution in [3.63, 3.8) is 0 Å². The van der Waals surface area contributed by atoms with Gasteiger partial charge in [-0.3, -0.25) is 0 Å². The SMILES string of the molecule is CC(F)(F)c1cnc(C2CCCNC2)[nH]1. The predicted octanol–water partition coefficient (Wildman–Crippen LogP) is 1.99. The van der Waals surface area contributed by atoms with Crippen LogP contribution in [0.25, 0.3) is 0 Å². The minimum Gasteiger partial charge on any atom is -0.341 e. The Kier molecular flexibility index (Phi) is 2.73. The molecule has 0 amide bonds. The van der Waals surface area contributed by atoms with Crippen LogP contribution in [0.2, 0.25) is 0 Å². The highest BCUT2D eigenvalue weighted by Gasteiger charge is 2.28. The summed E-state index contributed by atoms with van der Waals surface area (Å²) < 4.78 is 25.9. The average molecular weight is 215 g/mol. The van der Waals surface area contributed by atoms with Gasteiger partial charge in [-0.15, -0.1) is 0 Å². The van der Waals surface area contributed by atoms with Gasteiger partial charge < -0.3 is 10.3 Å². The Morgan fingerprint density at radius 3 is 2.87 bits per heavy atom. The molecule has 1 unspecified atom stereocenters. The molecule has 1 atom stereocenters. The molecule has 5 heteroatoms. The molecule has 0 aliphatic carbocycles. The lowest BCUT2D eigenvalue weighted by molar-refractivity contribution is 0.0130. The van der Waals surface area contributed by atoms with E-state index >= 15 is 0 Å². The van der Waals surface area contributed by atoms with E-state index in [-0.39, 0.29) is 11.6 Å². The van der Waals surface area contributed by atoms with Crippen molar-refractivity contribution < 1.29 is 8.78 Å². The highest BCUT2D eigenvalue weighted by Crippen LogP contribution is 2.27. The molecule has 3 nitrogen and oxygen atoms in total. The summed E-state index contributed by atoms with van der Waals surface area (Å²) in [6.45, 7) is 2.71. The quantitative estimate of drug-likeness (QED) is 0.792. The summed E-state index contributed by atoms with van der Waals surface area (Å²) in [4.78, 5) is 6.75. The molecule has 2 rings (SSSR count). The molecule has 15 heavy (non-hydrogen) atoms. The Morgan fingerprint density at radius 2 is 2.33 bits per heavy atom. The Labute approximate surface area is 87.3 Å². The fourth-order valence-corrected chi connectivity index (χ4v) is 1.85. The number of hydrogen-bond acceptors (Lipinski definition) is 2. The van der Waals surface area contributed by atoms with Crippen LogP contribution >= 0.6 is 0 Å². The number of aromatic nitrogens is 2. The second-order valence-electron chi connectivity index (χ2n) is 4.11. The Hall–Kier alpha value is -0.970. The van der Waals surface area contributed by atoms with Gasteiger partial charge in [-0.2, -0.15) is 8.78 Å². The summed E-state index contributed by atoms with van der Waals surface area (Å²) in [5.41, 5.74) is -0.0944. The molecule has 0 saturated carbocycles. The molecule has 1 aromatic heterocycles. The van der Waals surface area contributed by atoms with Crippen molar-refractivity contribution in [3.05, 3.63) is 17.7 Å². The molecule has 0 bridgehead atoms. The van der Waals surface area contributed by atoms with Crippen LogP contribution in [0.1, 0.15) is 37.2 Å². The standard InChI is InChI=1S/C10H15F2N3/c1-10(11,12)8-6-14-9(15-8)7-3-2-4-13-5-7/h6-7,13H,2-5H2,1H3,(H,14,15). The molecule has 1 saturated heterocycles. The lowest BCUT2D eigenvalue weighted by Crippen LogP contribution is -2.29. The summed E-state index contributed by atoms with van der Waals surface area (Å²) in [5.74, 6) is -1.90. The highest BCUT2D eigenvalue weighted by molar-refractivity contribution is 5.10. The average Bonchev–Trinajstić information content (AvgIpc) is 2.67. The third-order valence-corrected chi connectivity index (χ3v) is 2.75. The topological polar surface area (TPSA) is 40.7 Å². The van der Waals surface area contributed by atoms with Crippen molar-refractivity contribution in [1.29, 1.82) is 0 Å². The van der Waals surface area contributed by atoms with E-state index in [1.54, 1.807) is 0 Å². The van der Waals surface area contributed by atoms with Crippen molar-refractivity contribution in [2.75, 3.05) is 13.1 Å².